The number of carbonyl (C=O) groups excluding carboxylic acids is 1. The number of hydrogen-bond donors (Lipinski definition) is 0. The molecular weight excluding hydrogens is 318 g/mol. The van der Waals surface area contributed by atoms with Crippen molar-refractivity contribution in [3.63, 3.8) is 0 Å². The average Bonchev–Trinajstić information content (AvgIpc) is 2.61. The first kappa shape index (κ1) is 13.3. The molecule has 1 heterocycles. The zero-order chi connectivity index (χ0) is 13.3. The molecule has 0 aliphatic rings. The predicted octanol–water partition coefficient (Wildman–Crippen LogP) is 4.37. The van der Waals surface area contributed by atoms with Crippen molar-refractivity contribution in [3.05, 3.63) is 27.5 Å². The third-order valence-corrected chi connectivity index (χ3v) is 3.02. The molecule has 0 amide bonds. The van der Waals surface area contributed by atoms with Crippen LogP contribution in [0, 0.1) is 10.8 Å². The lowest BCUT2D eigenvalue weighted by atomic mass is 10.2. The fraction of sp³-hybridized carbons (Fsp3) is 0.333. The highest BCUT2D eigenvalue weighted by atomic mass is 79.9. The van der Waals surface area contributed by atoms with E-state index in [2.05, 4.69) is 15.9 Å². The number of oxazole rings is 1. The second kappa shape index (κ2) is 5.24. The van der Waals surface area contributed by atoms with Gasteiger partial charge in [0.15, 0.2) is 5.58 Å². The highest BCUT2D eigenvalue weighted by Crippen LogP contribution is 2.22. The van der Waals surface area contributed by atoms with E-state index in [0.717, 1.165) is 4.47 Å². The molecule has 1 aromatic carbocycles. The Hall–Kier alpha value is -1.14. The Morgan fingerprint density at radius 1 is 1.56 bits per heavy atom. The fourth-order valence-corrected chi connectivity index (χ4v) is 2.07. The van der Waals surface area contributed by atoms with Crippen LogP contribution in [0.2, 0.25) is 0 Å². The van der Waals surface area contributed by atoms with Gasteiger partial charge in [0.05, 0.1) is 12.1 Å². The largest absolute Gasteiger partial charge is 0.449 e. The quantitative estimate of drug-likeness (QED) is 0.767. The van der Waals surface area contributed by atoms with Crippen LogP contribution in [0.15, 0.2) is 27.1 Å². The van der Waals surface area contributed by atoms with E-state index < -0.39 is 6.09 Å². The van der Waals surface area contributed by atoms with Gasteiger partial charge in [-0.15, -0.1) is 0 Å². The molecule has 0 atom stereocenters. The molecule has 0 N–H and O–H groups in total. The van der Waals surface area contributed by atoms with Gasteiger partial charge in [-0.1, -0.05) is 29.8 Å². The van der Waals surface area contributed by atoms with Gasteiger partial charge in [-0.25, -0.2) is 9.36 Å². The molecule has 0 aliphatic carbocycles. The number of benzene rings is 1. The molecule has 0 fully saturated rings. The van der Waals surface area contributed by atoms with Gasteiger partial charge < -0.3 is 9.15 Å². The lowest BCUT2D eigenvalue weighted by Crippen LogP contribution is -2.16. The van der Waals surface area contributed by atoms with Crippen molar-refractivity contribution in [2.24, 2.45) is 5.92 Å². The SMILES string of the molecule is CC(C)COC(=O)n1c(=S)oc2cc(Br)ccc21. The van der Waals surface area contributed by atoms with Gasteiger partial charge in [0, 0.05) is 4.47 Å². The van der Waals surface area contributed by atoms with Gasteiger partial charge in [-0.3, -0.25) is 0 Å². The minimum Gasteiger partial charge on any atom is -0.449 e. The van der Waals surface area contributed by atoms with Crippen LogP contribution in [0.25, 0.3) is 11.1 Å². The van der Waals surface area contributed by atoms with E-state index in [1.807, 2.05) is 19.9 Å². The Labute approximate surface area is 118 Å². The zero-order valence-electron chi connectivity index (χ0n) is 9.97. The number of fused-ring (bicyclic) bond motifs is 1. The maximum Gasteiger partial charge on any atom is 0.422 e. The summed E-state index contributed by atoms with van der Waals surface area (Å²) in [6.07, 6.45) is -0.505. The molecule has 18 heavy (non-hydrogen) atoms. The van der Waals surface area contributed by atoms with Crippen molar-refractivity contribution in [2.45, 2.75) is 13.8 Å². The van der Waals surface area contributed by atoms with Crippen LogP contribution in [-0.2, 0) is 4.74 Å². The lowest BCUT2D eigenvalue weighted by molar-refractivity contribution is 0.134. The maximum atomic E-state index is 11.9. The van der Waals surface area contributed by atoms with Crippen LogP contribution in [0.1, 0.15) is 13.8 Å². The van der Waals surface area contributed by atoms with Gasteiger partial charge in [-0.05, 0) is 36.3 Å². The van der Waals surface area contributed by atoms with Crippen LogP contribution in [0.5, 0.6) is 0 Å². The molecule has 96 valence electrons. The maximum absolute atomic E-state index is 11.9. The van der Waals surface area contributed by atoms with E-state index >= 15 is 0 Å². The molecule has 1 aromatic heterocycles. The minimum atomic E-state index is -0.505. The summed E-state index contributed by atoms with van der Waals surface area (Å²) in [5, 5.41) is 0. The van der Waals surface area contributed by atoms with Gasteiger partial charge in [0.1, 0.15) is 0 Å². The van der Waals surface area contributed by atoms with Gasteiger partial charge in [-0.2, -0.15) is 0 Å². The Balaban J connectivity index is 2.41. The van der Waals surface area contributed by atoms with Crippen molar-refractivity contribution < 1.29 is 13.9 Å². The third-order valence-electron chi connectivity index (χ3n) is 2.27. The first-order valence-electron chi connectivity index (χ1n) is 5.47. The summed E-state index contributed by atoms with van der Waals surface area (Å²) < 4.78 is 12.6. The molecule has 0 saturated carbocycles. The highest BCUT2D eigenvalue weighted by molar-refractivity contribution is 9.10. The Morgan fingerprint density at radius 3 is 2.94 bits per heavy atom. The van der Waals surface area contributed by atoms with E-state index in [-0.39, 0.29) is 10.8 Å². The fourth-order valence-electron chi connectivity index (χ4n) is 1.47. The van der Waals surface area contributed by atoms with Crippen molar-refractivity contribution in [2.75, 3.05) is 6.61 Å². The number of halogens is 1. The Morgan fingerprint density at radius 2 is 2.28 bits per heavy atom. The molecule has 2 aromatic rings. The van der Waals surface area contributed by atoms with Gasteiger partial charge in [0.25, 0.3) is 4.84 Å². The summed E-state index contributed by atoms with van der Waals surface area (Å²) in [6.45, 7) is 4.29. The van der Waals surface area contributed by atoms with E-state index in [1.165, 1.54) is 4.57 Å². The smallest absolute Gasteiger partial charge is 0.422 e. The minimum absolute atomic E-state index is 0.0943. The summed E-state index contributed by atoms with van der Waals surface area (Å²) in [4.78, 5) is 12.0. The van der Waals surface area contributed by atoms with E-state index in [1.54, 1.807) is 12.1 Å². The van der Waals surface area contributed by atoms with E-state index in [0.29, 0.717) is 17.7 Å². The number of nitrogens with zero attached hydrogens (tertiary/aromatic N) is 1. The van der Waals surface area contributed by atoms with Crippen LogP contribution in [-0.4, -0.2) is 17.3 Å². The predicted molar refractivity (Wildman–Crippen MR) is 74.3 cm³/mol. The lowest BCUT2D eigenvalue weighted by Gasteiger charge is -2.07. The number of carbonyl (C=O) groups is 1. The molecule has 0 aliphatic heterocycles. The van der Waals surface area contributed by atoms with Crippen molar-refractivity contribution in [3.8, 4) is 0 Å². The molecule has 2 rings (SSSR count). The summed E-state index contributed by atoms with van der Waals surface area (Å²) in [5.74, 6) is 0.274. The Kier molecular flexibility index (Phi) is 3.87. The second-order valence-corrected chi connectivity index (χ2v) is 5.55. The standard InChI is InChI=1S/C12H12BrNO3S/c1-7(2)6-16-11(15)14-9-4-3-8(13)5-10(9)17-12(14)18/h3-5,7H,6H2,1-2H3. The van der Waals surface area contributed by atoms with E-state index in [9.17, 15) is 4.79 Å². The number of rotatable bonds is 2. The van der Waals surface area contributed by atoms with Crippen LogP contribution in [0.4, 0.5) is 4.79 Å². The van der Waals surface area contributed by atoms with Crippen LogP contribution < -0.4 is 0 Å². The third kappa shape index (κ3) is 2.64. The molecule has 0 radical (unpaired) electrons. The average molecular weight is 330 g/mol. The van der Waals surface area contributed by atoms with Crippen molar-refractivity contribution in [1.82, 2.24) is 4.57 Å². The molecule has 4 nitrogen and oxygen atoms in total. The number of ether oxygens (including phenoxy) is 1. The van der Waals surface area contributed by atoms with Crippen LogP contribution in [0.3, 0.4) is 0 Å². The van der Waals surface area contributed by atoms with Gasteiger partial charge in [0.2, 0.25) is 0 Å². The molecule has 0 unspecified atom stereocenters. The Bertz CT molecular complexity index is 644. The normalized spacial score (nSPS) is 11.1. The van der Waals surface area contributed by atoms with Crippen molar-refractivity contribution >= 4 is 45.3 Å². The first-order chi connectivity index (χ1) is 8.49. The summed E-state index contributed by atoms with van der Waals surface area (Å²) >= 11 is 8.37. The van der Waals surface area contributed by atoms with Crippen molar-refractivity contribution in [1.29, 1.82) is 0 Å². The monoisotopic (exact) mass is 329 g/mol. The number of aromatic nitrogens is 1. The first-order valence-corrected chi connectivity index (χ1v) is 6.67. The molecule has 0 bridgehead atoms. The van der Waals surface area contributed by atoms with Gasteiger partial charge >= 0.3 is 6.09 Å². The molecule has 0 spiro atoms. The number of hydrogen-bond acceptors (Lipinski definition) is 4. The summed E-state index contributed by atoms with van der Waals surface area (Å²) in [7, 11) is 0. The van der Waals surface area contributed by atoms with Crippen LogP contribution >= 0.6 is 28.1 Å². The summed E-state index contributed by atoms with van der Waals surface area (Å²) in [6, 6.07) is 5.34. The molecule has 0 saturated heterocycles. The summed E-state index contributed by atoms with van der Waals surface area (Å²) in [5.41, 5.74) is 1.16. The molecule has 6 heteroatoms. The van der Waals surface area contributed by atoms with E-state index in [4.69, 9.17) is 21.4 Å². The highest BCUT2D eigenvalue weighted by Gasteiger charge is 2.15. The topological polar surface area (TPSA) is 44.4 Å². The zero-order valence-corrected chi connectivity index (χ0v) is 12.4. The second-order valence-electron chi connectivity index (χ2n) is 4.29. The molecular formula is C12H12BrNO3S.